The zero-order valence-corrected chi connectivity index (χ0v) is 32.5. The van der Waals surface area contributed by atoms with Crippen LogP contribution in [0.4, 0.5) is 11.6 Å². The Kier molecular flexibility index (Phi) is 7.97. The fourth-order valence-electron chi connectivity index (χ4n) is 9.24. The number of para-hydroxylation sites is 3. The molecule has 278 valence electrons. The highest BCUT2D eigenvalue weighted by molar-refractivity contribution is 6.11. The van der Waals surface area contributed by atoms with Crippen LogP contribution in [0.3, 0.4) is 0 Å². The standard InChI is InChI=1S/C53H41N5/c1-35-19-21-36(22-20-35)37-11-10-12-38(29-37)41-30-42(34-54-33-41)48-26-28-55-52(56-48)58-51-18-9-7-16-45(51)47-32-40(25-27-53(47,58)2)39-23-24-50-46(31-39)44-15-6-8-17-49(44)57(50)43-13-4-3-5-14-43/h3-19,21-26,28-35H,20,27H2,1-2H3. The number of allylic oxidation sites excluding steroid dienone is 6. The highest BCUT2D eigenvalue weighted by Gasteiger charge is 2.47. The maximum atomic E-state index is 5.27. The summed E-state index contributed by atoms with van der Waals surface area (Å²) in [6.07, 6.45) is 19.3. The lowest BCUT2D eigenvalue weighted by Crippen LogP contribution is -2.41. The Bertz CT molecular complexity index is 3060. The Morgan fingerprint density at radius 2 is 1.43 bits per heavy atom. The summed E-state index contributed by atoms with van der Waals surface area (Å²) < 4.78 is 2.37. The third-order valence-corrected chi connectivity index (χ3v) is 12.3. The predicted molar refractivity (Wildman–Crippen MR) is 240 cm³/mol. The van der Waals surface area contributed by atoms with Gasteiger partial charge in [0.25, 0.3) is 0 Å². The molecule has 2 unspecified atom stereocenters. The number of hydrogen-bond acceptors (Lipinski definition) is 4. The molecule has 0 amide bonds. The molecule has 2 aliphatic carbocycles. The van der Waals surface area contributed by atoms with Crippen LogP contribution in [0.2, 0.25) is 0 Å². The molecule has 2 atom stereocenters. The van der Waals surface area contributed by atoms with Gasteiger partial charge in [-0.25, -0.2) is 9.97 Å². The Balaban J connectivity index is 0.943. The van der Waals surface area contributed by atoms with Gasteiger partial charge in [-0.1, -0.05) is 110 Å². The zero-order chi connectivity index (χ0) is 38.8. The van der Waals surface area contributed by atoms with E-state index in [9.17, 15) is 0 Å². The molecule has 4 heterocycles. The van der Waals surface area contributed by atoms with Crippen LogP contribution in [0.5, 0.6) is 0 Å². The van der Waals surface area contributed by atoms with E-state index in [-0.39, 0.29) is 5.54 Å². The molecule has 11 rings (SSSR count). The number of anilines is 2. The average molecular weight is 748 g/mol. The second kappa shape index (κ2) is 13.5. The quantitative estimate of drug-likeness (QED) is 0.170. The van der Waals surface area contributed by atoms with Crippen molar-refractivity contribution in [2.75, 3.05) is 4.90 Å². The molecule has 3 aromatic heterocycles. The second-order valence-corrected chi connectivity index (χ2v) is 16.0. The van der Waals surface area contributed by atoms with E-state index in [0.29, 0.717) is 11.9 Å². The van der Waals surface area contributed by atoms with E-state index in [1.165, 1.54) is 60.9 Å². The maximum Gasteiger partial charge on any atom is 0.231 e. The molecule has 0 saturated carbocycles. The Morgan fingerprint density at radius 3 is 2.33 bits per heavy atom. The van der Waals surface area contributed by atoms with Gasteiger partial charge in [0, 0.05) is 51.7 Å². The molecule has 0 N–H and O–H groups in total. The van der Waals surface area contributed by atoms with Crippen LogP contribution in [0.15, 0.2) is 182 Å². The van der Waals surface area contributed by atoms with Gasteiger partial charge < -0.3 is 4.57 Å². The van der Waals surface area contributed by atoms with Crippen molar-refractivity contribution in [2.45, 2.75) is 32.2 Å². The van der Waals surface area contributed by atoms with Gasteiger partial charge in [0.05, 0.1) is 28.0 Å². The molecule has 0 saturated heterocycles. The number of aromatic nitrogens is 4. The summed E-state index contributed by atoms with van der Waals surface area (Å²) in [6.45, 7) is 4.58. The molecule has 0 bridgehead atoms. The second-order valence-electron chi connectivity index (χ2n) is 16.0. The van der Waals surface area contributed by atoms with Gasteiger partial charge in [0.15, 0.2) is 0 Å². The number of nitrogens with zero attached hydrogens (tertiary/aromatic N) is 5. The lowest BCUT2D eigenvalue weighted by Gasteiger charge is -2.38. The van der Waals surface area contributed by atoms with Gasteiger partial charge in [-0.3, -0.25) is 9.88 Å². The summed E-state index contributed by atoms with van der Waals surface area (Å²) in [4.78, 5) is 17.2. The van der Waals surface area contributed by atoms with Crippen molar-refractivity contribution in [2.24, 2.45) is 5.92 Å². The van der Waals surface area contributed by atoms with Crippen molar-refractivity contribution in [1.82, 2.24) is 19.5 Å². The van der Waals surface area contributed by atoms with Gasteiger partial charge >= 0.3 is 0 Å². The van der Waals surface area contributed by atoms with Gasteiger partial charge in [-0.15, -0.1) is 0 Å². The summed E-state index contributed by atoms with van der Waals surface area (Å²) in [5.74, 6) is 1.26. The van der Waals surface area contributed by atoms with Crippen LogP contribution in [0.25, 0.3) is 66.6 Å². The summed E-state index contributed by atoms with van der Waals surface area (Å²) in [5, 5.41) is 2.51. The maximum absolute atomic E-state index is 5.27. The number of fused-ring (bicyclic) bond motifs is 6. The third kappa shape index (κ3) is 5.57. The minimum atomic E-state index is -0.375. The van der Waals surface area contributed by atoms with Crippen LogP contribution >= 0.6 is 0 Å². The van der Waals surface area contributed by atoms with Crippen molar-refractivity contribution in [3.63, 3.8) is 0 Å². The number of benzene rings is 5. The summed E-state index contributed by atoms with van der Waals surface area (Å²) in [6, 6.07) is 47.9. The molecular weight excluding hydrogens is 707 g/mol. The lowest BCUT2D eigenvalue weighted by atomic mass is 9.80. The van der Waals surface area contributed by atoms with Crippen LogP contribution in [-0.2, 0) is 0 Å². The molecule has 0 radical (unpaired) electrons. The Labute approximate surface area is 338 Å². The summed E-state index contributed by atoms with van der Waals surface area (Å²) in [5.41, 5.74) is 15.8. The monoisotopic (exact) mass is 747 g/mol. The molecule has 1 aliphatic heterocycles. The number of hydrogen-bond donors (Lipinski definition) is 0. The van der Waals surface area contributed by atoms with Crippen LogP contribution in [0, 0.1) is 5.92 Å². The first-order valence-corrected chi connectivity index (χ1v) is 20.2. The molecule has 0 fully saturated rings. The molecular formula is C53H41N5. The normalized spacial score (nSPS) is 18.5. The van der Waals surface area contributed by atoms with E-state index in [1.54, 1.807) is 0 Å². The van der Waals surface area contributed by atoms with Gasteiger partial charge in [-0.05, 0) is 120 Å². The third-order valence-electron chi connectivity index (χ3n) is 12.3. The highest BCUT2D eigenvalue weighted by atomic mass is 15.3. The van der Waals surface area contributed by atoms with E-state index >= 15 is 0 Å². The first-order valence-electron chi connectivity index (χ1n) is 20.2. The average Bonchev–Trinajstić information content (AvgIpc) is 3.75. The van der Waals surface area contributed by atoms with Crippen LogP contribution < -0.4 is 4.90 Å². The van der Waals surface area contributed by atoms with Crippen molar-refractivity contribution in [3.8, 4) is 28.1 Å². The Hall–Kier alpha value is -7.11. The molecule has 5 heteroatoms. The summed E-state index contributed by atoms with van der Waals surface area (Å²) in [7, 11) is 0. The highest BCUT2D eigenvalue weighted by Crippen LogP contribution is 2.54. The van der Waals surface area contributed by atoms with Crippen molar-refractivity contribution in [1.29, 1.82) is 0 Å². The molecule has 3 aliphatic rings. The fraction of sp³-hybridized carbons (Fsp3) is 0.113. The minimum absolute atomic E-state index is 0.375. The van der Waals surface area contributed by atoms with Crippen LogP contribution in [-0.4, -0.2) is 25.1 Å². The first-order chi connectivity index (χ1) is 28.5. The zero-order valence-electron chi connectivity index (χ0n) is 32.5. The van der Waals surface area contributed by atoms with E-state index in [1.807, 2.05) is 24.7 Å². The molecule has 8 aromatic rings. The largest absolute Gasteiger partial charge is 0.309 e. The van der Waals surface area contributed by atoms with E-state index < -0.39 is 0 Å². The first kappa shape index (κ1) is 34.2. The Morgan fingerprint density at radius 1 is 0.655 bits per heavy atom. The van der Waals surface area contributed by atoms with Crippen LogP contribution in [0.1, 0.15) is 43.4 Å². The SMILES string of the molecule is CC1C=CC(c2cccc(-c3cncc(-c4ccnc(N5c6ccccc6C6=CC(c7ccc8c(c7)c7ccccc7n8-c7ccccc7)=CCC65C)n4)c3)c2)=CC1. The summed E-state index contributed by atoms with van der Waals surface area (Å²) >= 11 is 0. The van der Waals surface area contributed by atoms with Crippen molar-refractivity contribution < 1.29 is 0 Å². The minimum Gasteiger partial charge on any atom is -0.309 e. The molecule has 5 nitrogen and oxygen atoms in total. The predicted octanol–water partition coefficient (Wildman–Crippen LogP) is 13.1. The fourth-order valence-corrected chi connectivity index (χ4v) is 9.24. The molecule has 5 aromatic carbocycles. The van der Waals surface area contributed by atoms with Gasteiger partial charge in [0.2, 0.25) is 5.95 Å². The van der Waals surface area contributed by atoms with Gasteiger partial charge in [0.1, 0.15) is 0 Å². The smallest absolute Gasteiger partial charge is 0.231 e. The molecule has 0 spiro atoms. The van der Waals surface area contributed by atoms with Crippen molar-refractivity contribution in [3.05, 3.63) is 199 Å². The lowest BCUT2D eigenvalue weighted by molar-refractivity contribution is 0.597. The topological polar surface area (TPSA) is 46.8 Å². The number of pyridine rings is 1. The molecule has 58 heavy (non-hydrogen) atoms. The van der Waals surface area contributed by atoms with Crippen molar-refractivity contribution >= 4 is 50.2 Å². The van der Waals surface area contributed by atoms with E-state index in [2.05, 4.69) is 181 Å². The van der Waals surface area contributed by atoms with E-state index in [0.717, 1.165) is 40.9 Å². The van der Waals surface area contributed by atoms with E-state index in [4.69, 9.17) is 15.0 Å². The number of rotatable bonds is 6. The van der Waals surface area contributed by atoms with Gasteiger partial charge in [-0.2, -0.15) is 0 Å².